The van der Waals surface area contributed by atoms with Gasteiger partial charge in [0.05, 0.1) is 22.3 Å². The Morgan fingerprint density at radius 3 is 2.45 bits per heavy atom. The maximum Gasteiger partial charge on any atom is 0.267 e. The molecule has 7 nitrogen and oxygen atoms in total. The molecule has 1 aromatic carbocycles. The molecule has 4 rings (SSSR count). The Hall–Kier alpha value is -3.39. The lowest BCUT2D eigenvalue weighted by atomic mass is 10.1. The fraction of sp³-hybridized carbons (Fsp3) is 0.217. The van der Waals surface area contributed by atoms with Crippen molar-refractivity contribution in [2.45, 2.75) is 31.8 Å². The second kappa shape index (κ2) is 8.77. The van der Waals surface area contributed by atoms with Crippen LogP contribution in [-0.2, 0) is 11.3 Å². The summed E-state index contributed by atoms with van der Waals surface area (Å²) in [6.45, 7) is 4.31. The van der Waals surface area contributed by atoms with Crippen LogP contribution in [0, 0.1) is 0 Å². The van der Waals surface area contributed by atoms with Crippen molar-refractivity contribution in [1.29, 1.82) is 0 Å². The average molecular weight is 434 g/mol. The first-order valence-electron chi connectivity index (χ1n) is 9.97. The number of hydrogen-bond acceptors (Lipinski definition) is 6. The molecular formula is C23H23N5O2S. The molecule has 2 aromatic heterocycles. The summed E-state index contributed by atoms with van der Waals surface area (Å²) in [5.41, 5.74) is 9.11. The molecule has 8 heteroatoms. The minimum atomic E-state index is -0.598. The number of pyridine rings is 1. The summed E-state index contributed by atoms with van der Waals surface area (Å²) >= 11 is 1.37. The van der Waals surface area contributed by atoms with Crippen molar-refractivity contribution in [3.05, 3.63) is 94.2 Å². The van der Waals surface area contributed by atoms with Gasteiger partial charge in [-0.2, -0.15) is 5.10 Å². The first kappa shape index (κ1) is 20.9. The molecule has 0 spiro atoms. The van der Waals surface area contributed by atoms with Crippen LogP contribution in [0.1, 0.15) is 36.7 Å². The predicted molar refractivity (Wildman–Crippen MR) is 122 cm³/mol. The van der Waals surface area contributed by atoms with E-state index in [0.29, 0.717) is 12.2 Å². The first-order valence-corrected chi connectivity index (χ1v) is 10.8. The number of primary amides is 1. The van der Waals surface area contributed by atoms with Crippen LogP contribution in [0.4, 0.5) is 0 Å². The van der Waals surface area contributed by atoms with E-state index in [1.54, 1.807) is 18.5 Å². The Morgan fingerprint density at radius 2 is 1.81 bits per heavy atom. The SMILES string of the molecule is CC(C)n1nc(C2=C(c3ccccc3)N(Cc3ccncc3)C(C(N)=O)S2)ccc1=O. The lowest BCUT2D eigenvalue weighted by molar-refractivity contribution is -0.119. The molecule has 0 aliphatic carbocycles. The lowest BCUT2D eigenvalue weighted by Crippen LogP contribution is -2.38. The number of nitrogens with zero attached hydrogens (tertiary/aromatic N) is 4. The van der Waals surface area contributed by atoms with Crippen LogP contribution in [0.15, 0.2) is 71.8 Å². The third kappa shape index (κ3) is 4.25. The Balaban J connectivity index is 1.90. The zero-order valence-electron chi connectivity index (χ0n) is 17.3. The number of thioether (sulfide) groups is 1. The third-order valence-electron chi connectivity index (χ3n) is 4.95. The molecule has 0 fully saturated rings. The normalized spacial score (nSPS) is 16.2. The molecule has 2 N–H and O–H groups in total. The van der Waals surface area contributed by atoms with Crippen molar-refractivity contribution < 1.29 is 4.79 Å². The molecule has 3 heterocycles. The van der Waals surface area contributed by atoms with Crippen LogP contribution in [0.2, 0.25) is 0 Å². The lowest BCUT2D eigenvalue weighted by Gasteiger charge is -2.27. The molecule has 0 bridgehead atoms. The van der Waals surface area contributed by atoms with E-state index in [1.165, 1.54) is 22.5 Å². The van der Waals surface area contributed by atoms with Gasteiger partial charge >= 0.3 is 0 Å². The van der Waals surface area contributed by atoms with Crippen molar-refractivity contribution in [3.63, 3.8) is 0 Å². The Kier molecular flexibility index (Phi) is 5.90. The van der Waals surface area contributed by atoms with E-state index in [2.05, 4.69) is 10.1 Å². The third-order valence-corrected chi connectivity index (χ3v) is 6.30. The topological polar surface area (TPSA) is 94.1 Å². The molecule has 31 heavy (non-hydrogen) atoms. The van der Waals surface area contributed by atoms with Crippen LogP contribution < -0.4 is 11.3 Å². The summed E-state index contributed by atoms with van der Waals surface area (Å²) in [5, 5.41) is 4.00. The fourth-order valence-corrected chi connectivity index (χ4v) is 4.75. The monoisotopic (exact) mass is 433 g/mol. The minimum absolute atomic E-state index is 0.0838. The number of aromatic nitrogens is 3. The van der Waals surface area contributed by atoms with Crippen LogP contribution in [0.25, 0.3) is 10.6 Å². The number of benzene rings is 1. The number of rotatable bonds is 6. The molecular weight excluding hydrogens is 410 g/mol. The summed E-state index contributed by atoms with van der Waals surface area (Å²) in [6, 6.07) is 16.8. The maximum atomic E-state index is 12.4. The molecule has 1 unspecified atom stereocenters. The minimum Gasteiger partial charge on any atom is -0.367 e. The summed E-state index contributed by atoms with van der Waals surface area (Å²) < 4.78 is 1.45. The highest BCUT2D eigenvalue weighted by atomic mass is 32.2. The zero-order valence-corrected chi connectivity index (χ0v) is 18.1. The molecule has 3 aromatic rings. The van der Waals surface area contributed by atoms with E-state index < -0.39 is 11.3 Å². The molecule has 1 aliphatic heterocycles. The second-order valence-electron chi connectivity index (χ2n) is 7.49. The largest absolute Gasteiger partial charge is 0.367 e. The number of amides is 1. The summed E-state index contributed by atoms with van der Waals surface area (Å²) in [4.78, 5) is 31.6. The number of carbonyl (C=O) groups excluding carboxylic acids is 1. The van der Waals surface area contributed by atoms with E-state index in [1.807, 2.05) is 61.2 Å². The van der Waals surface area contributed by atoms with Crippen LogP contribution >= 0.6 is 11.8 Å². The van der Waals surface area contributed by atoms with Crippen molar-refractivity contribution in [2.75, 3.05) is 0 Å². The van der Waals surface area contributed by atoms with Gasteiger partial charge in [-0.1, -0.05) is 42.1 Å². The Labute approximate surface area is 184 Å². The summed E-state index contributed by atoms with van der Waals surface area (Å²) in [7, 11) is 0. The number of hydrogen-bond donors (Lipinski definition) is 1. The molecule has 1 aliphatic rings. The van der Waals surface area contributed by atoms with Crippen LogP contribution in [0.5, 0.6) is 0 Å². The highest BCUT2D eigenvalue weighted by molar-refractivity contribution is 8.10. The maximum absolute atomic E-state index is 12.4. The number of carbonyl (C=O) groups is 1. The molecule has 0 saturated heterocycles. The van der Waals surface area contributed by atoms with Gasteiger partial charge in [0, 0.05) is 25.0 Å². The average Bonchev–Trinajstić information content (AvgIpc) is 3.14. The Bertz CT molecular complexity index is 1180. The van der Waals surface area contributed by atoms with E-state index in [4.69, 9.17) is 5.73 Å². The first-order chi connectivity index (χ1) is 15.0. The highest BCUT2D eigenvalue weighted by Crippen LogP contribution is 2.48. The molecule has 0 radical (unpaired) electrons. The van der Waals surface area contributed by atoms with Crippen molar-refractivity contribution in [1.82, 2.24) is 19.7 Å². The van der Waals surface area contributed by atoms with Crippen LogP contribution in [-0.4, -0.2) is 30.9 Å². The molecule has 0 saturated carbocycles. The number of nitrogens with two attached hydrogens (primary N) is 1. The second-order valence-corrected chi connectivity index (χ2v) is 8.59. The van der Waals surface area contributed by atoms with Crippen LogP contribution in [0.3, 0.4) is 0 Å². The van der Waals surface area contributed by atoms with Gasteiger partial charge in [-0.15, -0.1) is 0 Å². The standard InChI is InChI=1S/C23H23N5O2S/c1-15(2)28-19(29)9-8-18(26-28)21-20(17-6-4-3-5-7-17)27(23(31-21)22(24)30)14-16-10-12-25-13-11-16/h3-13,15,23H,14H2,1-2H3,(H2,24,30). The molecule has 158 valence electrons. The van der Waals surface area contributed by atoms with Gasteiger partial charge in [0.15, 0.2) is 5.37 Å². The van der Waals surface area contributed by atoms with Crippen molar-refractivity contribution in [2.24, 2.45) is 5.73 Å². The van der Waals surface area contributed by atoms with E-state index in [-0.39, 0.29) is 11.6 Å². The molecule has 1 amide bonds. The van der Waals surface area contributed by atoms with E-state index in [9.17, 15) is 9.59 Å². The quantitative estimate of drug-likeness (QED) is 0.642. The predicted octanol–water partition coefficient (Wildman–Crippen LogP) is 3.11. The van der Waals surface area contributed by atoms with Crippen molar-refractivity contribution in [3.8, 4) is 0 Å². The van der Waals surface area contributed by atoms with Crippen molar-refractivity contribution >= 4 is 28.3 Å². The van der Waals surface area contributed by atoms with Gasteiger partial charge in [-0.25, -0.2) is 4.68 Å². The smallest absolute Gasteiger partial charge is 0.267 e. The fourth-order valence-electron chi connectivity index (χ4n) is 3.53. The highest BCUT2D eigenvalue weighted by Gasteiger charge is 2.38. The Morgan fingerprint density at radius 1 is 1.10 bits per heavy atom. The van der Waals surface area contributed by atoms with E-state index >= 15 is 0 Å². The molecule has 1 atom stereocenters. The van der Waals surface area contributed by atoms with Gasteiger partial charge in [0.25, 0.3) is 11.5 Å². The van der Waals surface area contributed by atoms with Gasteiger partial charge < -0.3 is 10.6 Å². The zero-order chi connectivity index (χ0) is 22.0. The summed E-state index contributed by atoms with van der Waals surface area (Å²) in [5.74, 6) is -0.431. The summed E-state index contributed by atoms with van der Waals surface area (Å²) in [6.07, 6.45) is 3.45. The van der Waals surface area contributed by atoms with Gasteiger partial charge in [0.2, 0.25) is 0 Å². The van der Waals surface area contributed by atoms with Gasteiger partial charge in [-0.05, 0) is 43.2 Å². The van der Waals surface area contributed by atoms with Gasteiger partial charge in [0.1, 0.15) is 0 Å². The van der Waals surface area contributed by atoms with E-state index in [0.717, 1.165) is 21.7 Å². The van der Waals surface area contributed by atoms with Gasteiger partial charge in [-0.3, -0.25) is 14.6 Å².